The van der Waals surface area contributed by atoms with Gasteiger partial charge < -0.3 is 5.32 Å². The van der Waals surface area contributed by atoms with Crippen LogP contribution in [-0.2, 0) is 11.3 Å². The zero-order chi connectivity index (χ0) is 15.2. The summed E-state index contributed by atoms with van der Waals surface area (Å²) in [5, 5.41) is 7.32. The van der Waals surface area contributed by atoms with Crippen LogP contribution in [0.3, 0.4) is 0 Å². The molecule has 0 aliphatic heterocycles. The van der Waals surface area contributed by atoms with Gasteiger partial charge in [0.1, 0.15) is 0 Å². The van der Waals surface area contributed by atoms with Crippen LogP contribution in [0.15, 0.2) is 41.0 Å². The molecule has 0 bridgehead atoms. The van der Waals surface area contributed by atoms with Crippen molar-refractivity contribution in [3.63, 3.8) is 0 Å². The Balaban J connectivity index is 1.90. The molecule has 2 aromatic rings. The Morgan fingerprint density at radius 1 is 1.38 bits per heavy atom. The van der Waals surface area contributed by atoms with E-state index < -0.39 is 0 Å². The minimum Gasteiger partial charge on any atom is -0.349 e. The molecule has 112 valence electrons. The van der Waals surface area contributed by atoms with Crippen molar-refractivity contribution in [2.24, 2.45) is 0 Å². The van der Waals surface area contributed by atoms with Gasteiger partial charge in [0, 0.05) is 18.7 Å². The van der Waals surface area contributed by atoms with Gasteiger partial charge in [-0.1, -0.05) is 37.3 Å². The van der Waals surface area contributed by atoms with Crippen molar-refractivity contribution < 1.29 is 4.79 Å². The average molecular weight is 350 g/mol. The van der Waals surface area contributed by atoms with Crippen molar-refractivity contribution in [3.05, 3.63) is 52.3 Å². The molecule has 0 spiro atoms. The van der Waals surface area contributed by atoms with Crippen molar-refractivity contribution in [2.75, 3.05) is 0 Å². The quantitative estimate of drug-likeness (QED) is 0.865. The van der Waals surface area contributed by atoms with E-state index in [2.05, 4.69) is 33.3 Å². The maximum atomic E-state index is 12.1. The van der Waals surface area contributed by atoms with Gasteiger partial charge in [0.05, 0.1) is 16.7 Å². The number of benzene rings is 1. The number of nitrogens with zero attached hydrogens (tertiary/aromatic N) is 2. The predicted molar refractivity (Wildman–Crippen MR) is 86.9 cm³/mol. The summed E-state index contributed by atoms with van der Waals surface area (Å²) in [4.78, 5) is 12.1. The van der Waals surface area contributed by atoms with E-state index in [0.29, 0.717) is 13.0 Å². The molecule has 1 amide bonds. The van der Waals surface area contributed by atoms with Gasteiger partial charge in [-0.25, -0.2) is 0 Å². The highest BCUT2D eigenvalue weighted by Gasteiger charge is 2.13. The van der Waals surface area contributed by atoms with Gasteiger partial charge in [0.25, 0.3) is 0 Å². The molecule has 0 saturated carbocycles. The first-order valence-electron chi connectivity index (χ1n) is 7.14. The first-order chi connectivity index (χ1) is 10.1. The van der Waals surface area contributed by atoms with Crippen LogP contribution in [0.2, 0.25) is 0 Å². The number of hydrogen-bond acceptors (Lipinski definition) is 2. The molecule has 1 N–H and O–H groups in total. The molecule has 0 fully saturated rings. The fraction of sp³-hybridized carbons (Fsp3) is 0.375. The number of nitrogens with one attached hydrogen (secondary N) is 1. The molecule has 21 heavy (non-hydrogen) atoms. The Morgan fingerprint density at radius 3 is 2.67 bits per heavy atom. The number of carbonyl (C=O) groups excluding carboxylic acids is 1. The lowest BCUT2D eigenvalue weighted by atomic mass is 10.0. The summed E-state index contributed by atoms with van der Waals surface area (Å²) < 4.78 is 2.81. The number of carbonyl (C=O) groups is 1. The molecule has 4 nitrogen and oxygen atoms in total. The monoisotopic (exact) mass is 349 g/mol. The Hall–Kier alpha value is -1.62. The molecule has 1 aromatic heterocycles. The third kappa shape index (κ3) is 4.17. The van der Waals surface area contributed by atoms with Gasteiger partial charge in [0.15, 0.2) is 0 Å². The molecular formula is C16H20BrN3O. The van der Waals surface area contributed by atoms with Crippen LogP contribution in [0.25, 0.3) is 0 Å². The lowest BCUT2D eigenvalue weighted by Crippen LogP contribution is -2.29. The summed E-state index contributed by atoms with van der Waals surface area (Å²) in [7, 11) is 0. The normalized spacial score (nSPS) is 12.1. The maximum Gasteiger partial charge on any atom is 0.222 e. The van der Waals surface area contributed by atoms with Crippen LogP contribution in [0.5, 0.6) is 0 Å². The maximum absolute atomic E-state index is 12.1. The van der Waals surface area contributed by atoms with Crippen LogP contribution < -0.4 is 5.32 Å². The first kappa shape index (κ1) is 15.8. The van der Waals surface area contributed by atoms with E-state index in [0.717, 1.165) is 22.2 Å². The number of halogens is 1. The Bertz CT molecular complexity index is 595. The summed E-state index contributed by atoms with van der Waals surface area (Å²) in [6.07, 6.45) is 3.06. The highest BCUT2D eigenvalue weighted by atomic mass is 79.9. The van der Waals surface area contributed by atoms with E-state index in [4.69, 9.17) is 0 Å². The fourth-order valence-corrected chi connectivity index (χ4v) is 2.53. The highest BCUT2D eigenvalue weighted by molar-refractivity contribution is 9.10. The van der Waals surface area contributed by atoms with E-state index in [9.17, 15) is 4.79 Å². The molecule has 1 heterocycles. The van der Waals surface area contributed by atoms with Crippen LogP contribution in [0.1, 0.15) is 37.1 Å². The van der Waals surface area contributed by atoms with Crippen molar-refractivity contribution in [1.29, 1.82) is 0 Å². The first-order valence-corrected chi connectivity index (χ1v) is 7.93. The van der Waals surface area contributed by atoms with Crippen molar-refractivity contribution >= 4 is 21.8 Å². The summed E-state index contributed by atoms with van der Waals surface area (Å²) in [6.45, 7) is 4.65. The summed E-state index contributed by atoms with van der Waals surface area (Å²) in [6, 6.07) is 10.1. The van der Waals surface area contributed by atoms with Gasteiger partial charge in [-0.2, -0.15) is 5.10 Å². The van der Waals surface area contributed by atoms with Gasteiger partial charge in [-0.05, 0) is 34.8 Å². The Labute approximate surface area is 133 Å². The number of aryl methyl sites for hydroxylation is 1. The van der Waals surface area contributed by atoms with Crippen LogP contribution >= 0.6 is 15.9 Å². The average Bonchev–Trinajstić information content (AvgIpc) is 2.83. The number of amides is 1. The van der Waals surface area contributed by atoms with E-state index in [1.165, 1.54) is 0 Å². The molecule has 1 atom stereocenters. The van der Waals surface area contributed by atoms with Crippen LogP contribution in [-0.4, -0.2) is 15.7 Å². The standard InChI is InChI=1S/C16H20BrN3O/c1-3-15(13-7-5-4-6-8-13)19-16(21)9-10-20-12(2)14(17)11-18-20/h4-8,11,15H,3,9-10H2,1-2H3,(H,19,21). The Kier molecular flexibility index (Phi) is 5.56. The van der Waals surface area contributed by atoms with Crippen molar-refractivity contribution in [1.82, 2.24) is 15.1 Å². The molecule has 1 aromatic carbocycles. The fourth-order valence-electron chi connectivity index (χ4n) is 2.23. The SMILES string of the molecule is CCC(NC(=O)CCn1ncc(Br)c1C)c1ccccc1. The van der Waals surface area contributed by atoms with Crippen molar-refractivity contribution in [3.8, 4) is 0 Å². The van der Waals surface area contributed by atoms with E-state index in [-0.39, 0.29) is 11.9 Å². The summed E-state index contributed by atoms with van der Waals surface area (Å²) in [5.41, 5.74) is 2.18. The van der Waals surface area contributed by atoms with E-state index >= 15 is 0 Å². The minimum atomic E-state index is 0.0525. The Morgan fingerprint density at radius 2 is 2.10 bits per heavy atom. The minimum absolute atomic E-state index is 0.0525. The smallest absolute Gasteiger partial charge is 0.222 e. The van der Waals surface area contributed by atoms with Crippen LogP contribution in [0, 0.1) is 6.92 Å². The molecule has 0 radical (unpaired) electrons. The van der Waals surface area contributed by atoms with Gasteiger partial charge in [-0.15, -0.1) is 0 Å². The predicted octanol–water partition coefficient (Wildman–Crippen LogP) is 3.61. The van der Waals surface area contributed by atoms with Crippen LogP contribution in [0.4, 0.5) is 0 Å². The third-order valence-corrected chi connectivity index (χ3v) is 4.32. The van der Waals surface area contributed by atoms with Crippen molar-refractivity contribution in [2.45, 2.75) is 39.3 Å². The molecule has 2 rings (SSSR count). The topological polar surface area (TPSA) is 46.9 Å². The molecule has 1 unspecified atom stereocenters. The zero-order valence-electron chi connectivity index (χ0n) is 12.3. The highest BCUT2D eigenvalue weighted by Crippen LogP contribution is 2.17. The second-order valence-corrected chi connectivity index (χ2v) is 5.84. The second kappa shape index (κ2) is 7.41. The van der Waals surface area contributed by atoms with E-state index in [1.54, 1.807) is 6.20 Å². The summed E-state index contributed by atoms with van der Waals surface area (Å²) >= 11 is 3.42. The molecule has 0 aliphatic carbocycles. The second-order valence-electron chi connectivity index (χ2n) is 4.99. The molecular weight excluding hydrogens is 330 g/mol. The van der Waals surface area contributed by atoms with E-state index in [1.807, 2.05) is 41.9 Å². The lowest BCUT2D eigenvalue weighted by molar-refractivity contribution is -0.122. The molecule has 0 aliphatic rings. The number of aromatic nitrogens is 2. The van der Waals surface area contributed by atoms with Gasteiger partial charge >= 0.3 is 0 Å². The van der Waals surface area contributed by atoms with Gasteiger partial charge in [-0.3, -0.25) is 9.48 Å². The summed E-state index contributed by atoms with van der Waals surface area (Å²) in [5.74, 6) is 0.0525. The number of rotatable bonds is 6. The molecule has 0 saturated heterocycles. The largest absolute Gasteiger partial charge is 0.349 e. The lowest BCUT2D eigenvalue weighted by Gasteiger charge is -2.17. The zero-order valence-corrected chi connectivity index (χ0v) is 13.9. The van der Waals surface area contributed by atoms with Gasteiger partial charge in [0.2, 0.25) is 5.91 Å². The molecule has 5 heteroatoms. The number of hydrogen-bond donors (Lipinski definition) is 1. The third-order valence-electron chi connectivity index (χ3n) is 3.54.